The van der Waals surface area contributed by atoms with Crippen molar-refractivity contribution in [2.75, 3.05) is 6.54 Å². The first-order valence-electron chi connectivity index (χ1n) is 8.02. The minimum Gasteiger partial charge on any atom is -0.390 e. The van der Waals surface area contributed by atoms with E-state index in [1.807, 2.05) is 39.9 Å². The molecule has 24 heavy (non-hydrogen) atoms. The van der Waals surface area contributed by atoms with Crippen molar-refractivity contribution in [3.8, 4) is 0 Å². The molecule has 1 aliphatic heterocycles. The van der Waals surface area contributed by atoms with Gasteiger partial charge in [0.25, 0.3) is 0 Å². The number of aliphatic hydroxyl groups is 1. The number of aliphatic hydroxyl groups excluding tert-OH is 1. The average molecular weight is 326 g/mol. The zero-order chi connectivity index (χ0) is 16.5. The third-order valence-corrected chi connectivity index (χ3v) is 4.35. The molecule has 0 unspecified atom stereocenters. The highest BCUT2D eigenvalue weighted by Crippen LogP contribution is 2.20. The van der Waals surface area contributed by atoms with E-state index in [-0.39, 0.29) is 18.9 Å². The van der Waals surface area contributed by atoms with Crippen LogP contribution < -0.4 is 0 Å². The lowest BCUT2D eigenvalue weighted by atomic mass is 10.1. The van der Waals surface area contributed by atoms with Crippen LogP contribution in [0.15, 0.2) is 34.9 Å². The molecule has 1 N–H and O–H groups in total. The SMILES string of the molecule is O=C(Cc1noc2ccccc12)N1CCCn2nc(CO)cc2C1. The maximum absolute atomic E-state index is 12.7. The van der Waals surface area contributed by atoms with Gasteiger partial charge in [0.1, 0.15) is 5.69 Å². The molecular formula is C17H18N4O3. The molecular weight excluding hydrogens is 308 g/mol. The number of aryl methyl sites for hydroxylation is 1. The van der Waals surface area contributed by atoms with Crippen molar-refractivity contribution in [3.05, 3.63) is 47.4 Å². The van der Waals surface area contributed by atoms with Gasteiger partial charge in [0.2, 0.25) is 5.91 Å². The Hall–Kier alpha value is -2.67. The van der Waals surface area contributed by atoms with Crippen LogP contribution in [0.4, 0.5) is 0 Å². The van der Waals surface area contributed by atoms with Crippen molar-refractivity contribution in [2.24, 2.45) is 0 Å². The van der Waals surface area contributed by atoms with Gasteiger partial charge < -0.3 is 14.5 Å². The Morgan fingerprint density at radius 2 is 2.17 bits per heavy atom. The number of hydrogen-bond acceptors (Lipinski definition) is 5. The van der Waals surface area contributed by atoms with Crippen LogP contribution in [0.3, 0.4) is 0 Å². The fraction of sp³-hybridized carbons (Fsp3) is 0.353. The predicted octanol–water partition coefficient (Wildman–Crippen LogP) is 1.49. The number of amides is 1. The summed E-state index contributed by atoms with van der Waals surface area (Å²) in [6, 6.07) is 9.41. The Balaban J connectivity index is 1.53. The van der Waals surface area contributed by atoms with Gasteiger partial charge in [0.15, 0.2) is 5.58 Å². The molecule has 0 fully saturated rings. The van der Waals surface area contributed by atoms with Crippen molar-refractivity contribution in [1.82, 2.24) is 19.8 Å². The van der Waals surface area contributed by atoms with Crippen molar-refractivity contribution in [2.45, 2.75) is 32.5 Å². The first-order valence-corrected chi connectivity index (χ1v) is 8.02. The molecule has 2 aromatic heterocycles. The largest absolute Gasteiger partial charge is 0.390 e. The Labute approximate surface area is 138 Å². The van der Waals surface area contributed by atoms with E-state index in [0.717, 1.165) is 24.0 Å². The maximum atomic E-state index is 12.7. The van der Waals surface area contributed by atoms with Gasteiger partial charge in [-0.1, -0.05) is 17.3 Å². The van der Waals surface area contributed by atoms with E-state index in [1.54, 1.807) is 0 Å². The molecule has 0 atom stereocenters. The van der Waals surface area contributed by atoms with Crippen molar-refractivity contribution in [3.63, 3.8) is 0 Å². The molecule has 1 aliphatic rings. The third kappa shape index (κ3) is 2.67. The van der Waals surface area contributed by atoms with Gasteiger partial charge in [-0.15, -0.1) is 0 Å². The Morgan fingerprint density at radius 1 is 1.29 bits per heavy atom. The summed E-state index contributed by atoms with van der Waals surface area (Å²) < 4.78 is 7.15. The van der Waals surface area contributed by atoms with Gasteiger partial charge in [-0.25, -0.2) is 0 Å². The molecule has 0 saturated heterocycles. The van der Waals surface area contributed by atoms with Crippen LogP contribution in [0.25, 0.3) is 11.0 Å². The summed E-state index contributed by atoms with van der Waals surface area (Å²) in [5.41, 5.74) is 2.96. The van der Waals surface area contributed by atoms with Crippen molar-refractivity contribution >= 4 is 16.9 Å². The molecule has 7 heteroatoms. The molecule has 1 aromatic carbocycles. The molecule has 124 valence electrons. The Kier molecular flexibility index (Phi) is 3.78. The highest BCUT2D eigenvalue weighted by atomic mass is 16.5. The number of fused-ring (bicyclic) bond motifs is 2. The van der Waals surface area contributed by atoms with E-state index in [1.165, 1.54) is 0 Å². The van der Waals surface area contributed by atoms with Gasteiger partial charge in [0, 0.05) is 18.5 Å². The van der Waals surface area contributed by atoms with Crippen molar-refractivity contribution < 1.29 is 14.4 Å². The number of benzene rings is 1. The zero-order valence-corrected chi connectivity index (χ0v) is 13.2. The van der Waals surface area contributed by atoms with Crippen LogP contribution in [0.2, 0.25) is 0 Å². The minimum absolute atomic E-state index is 0.0225. The standard InChI is InChI=1S/C17H18N4O3/c22-11-12-8-13-10-20(6-3-7-21(13)18-12)17(23)9-15-14-4-1-2-5-16(14)24-19-15/h1-2,4-5,8,22H,3,6-7,9-11H2. The summed E-state index contributed by atoms with van der Waals surface area (Å²) in [6.07, 6.45) is 1.06. The second kappa shape index (κ2) is 6.09. The van der Waals surface area contributed by atoms with Crippen LogP contribution in [0, 0.1) is 0 Å². The van der Waals surface area contributed by atoms with Crippen LogP contribution in [0.1, 0.15) is 23.5 Å². The lowest BCUT2D eigenvalue weighted by Crippen LogP contribution is -2.32. The molecule has 0 radical (unpaired) electrons. The summed E-state index contributed by atoms with van der Waals surface area (Å²) in [7, 11) is 0. The normalized spacial score (nSPS) is 14.6. The van der Waals surface area contributed by atoms with Gasteiger partial charge >= 0.3 is 0 Å². The molecule has 3 heterocycles. The molecule has 1 amide bonds. The zero-order valence-electron chi connectivity index (χ0n) is 13.2. The molecule has 4 rings (SSSR count). The third-order valence-electron chi connectivity index (χ3n) is 4.35. The second-order valence-electron chi connectivity index (χ2n) is 5.98. The highest BCUT2D eigenvalue weighted by Gasteiger charge is 2.22. The van der Waals surface area contributed by atoms with E-state index in [4.69, 9.17) is 4.52 Å². The Morgan fingerprint density at radius 3 is 3.04 bits per heavy atom. The van der Waals surface area contributed by atoms with E-state index in [9.17, 15) is 9.90 Å². The van der Waals surface area contributed by atoms with Crippen LogP contribution in [-0.4, -0.2) is 37.4 Å². The first-order chi connectivity index (χ1) is 11.7. The minimum atomic E-state index is -0.0844. The predicted molar refractivity (Wildman–Crippen MR) is 85.9 cm³/mol. The number of para-hydroxylation sites is 1. The number of hydrogen-bond donors (Lipinski definition) is 1. The molecule has 0 spiro atoms. The summed E-state index contributed by atoms with van der Waals surface area (Å²) in [4.78, 5) is 14.5. The van der Waals surface area contributed by atoms with Gasteiger partial charge in [-0.2, -0.15) is 5.10 Å². The number of carbonyl (C=O) groups is 1. The fourth-order valence-electron chi connectivity index (χ4n) is 3.13. The average Bonchev–Trinajstić information content (AvgIpc) is 3.13. The number of rotatable bonds is 3. The fourth-order valence-corrected chi connectivity index (χ4v) is 3.13. The monoisotopic (exact) mass is 326 g/mol. The lowest BCUT2D eigenvalue weighted by molar-refractivity contribution is -0.131. The topological polar surface area (TPSA) is 84.4 Å². The van der Waals surface area contributed by atoms with Crippen LogP contribution in [-0.2, 0) is 30.9 Å². The smallest absolute Gasteiger partial charge is 0.229 e. The molecule has 0 bridgehead atoms. The number of nitrogens with zero attached hydrogens (tertiary/aromatic N) is 4. The summed E-state index contributed by atoms with van der Waals surface area (Å²) in [5, 5.41) is 18.5. The van der Waals surface area contributed by atoms with Gasteiger partial charge in [0.05, 0.1) is 31.0 Å². The maximum Gasteiger partial charge on any atom is 0.229 e. The van der Waals surface area contributed by atoms with Gasteiger partial charge in [-0.3, -0.25) is 9.48 Å². The highest BCUT2D eigenvalue weighted by molar-refractivity contribution is 5.86. The Bertz CT molecular complexity index is 883. The quantitative estimate of drug-likeness (QED) is 0.788. The number of aromatic nitrogens is 3. The van der Waals surface area contributed by atoms with E-state index in [0.29, 0.717) is 30.1 Å². The van der Waals surface area contributed by atoms with Gasteiger partial charge in [-0.05, 0) is 24.6 Å². The first kappa shape index (κ1) is 14.9. The van der Waals surface area contributed by atoms with Crippen LogP contribution >= 0.6 is 0 Å². The second-order valence-corrected chi connectivity index (χ2v) is 5.98. The summed E-state index contributed by atoms with van der Waals surface area (Å²) in [5.74, 6) is 0.0225. The lowest BCUT2D eigenvalue weighted by Gasteiger charge is -2.19. The molecule has 7 nitrogen and oxygen atoms in total. The van der Waals surface area contributed by atoms with Crippen LogP contribution in [0.5, 0.6) is 0 Å². The summed E-state index contributed by atoms with van der Waals surface area (Å²) in [6.45, 7) is 1.86. The molecule has 0 aliphatic carbocycles. The molecule has 0 saturated carbocycles. The number of carbonyl (C=O) groups excluding carboxylic acids is 1. The summed E-state index contributed by atoms with van der Waals surface area (Å²) >= 11 is 0. The molecule has 3 aromatic rings. The van der Waals surface area contributed by atoms with E-state index >= 15 is 0 Å². The van der Waals surface area contributed by atoms with Crippen molar-refractivity contribution in [1.29, 1.82) is 0 Å². The van der Waals surface area contributed by atoms with E-state index in [2.05, 4.69) is 10.3 Å². The van der Waals surface area contributed by atoms with E-state index < -0.39 is 0 Å².